The normalized spacial score (nSPS) is 30.9. The van der Waals surface area contributed by atoms with Crippen molar-refractivity contribution in [3.8, 4) is 0 Å². The highest BCUT2D eigenvalue weighted by molar-refractivity contribution is 6.40. The van der Waals surface area contributed by atoms with E-state index >= 15 is 0 Å². The van der Waals surface area contributed by atoms with E-state index in [1.165, 1.54) is 6.33 Å². The van der Waals surface area contributed by atoms with Gasteiger partial charge in [0.1, 0.15) is 5.02 Å². The standard InChI is InChI=1S/C12H14Cl2N2O3/c13-9-10(14)15-7-16(11(9)17)8-1-3-19-12(5-8)2-4-18-6-12/h7-8H,1-6H2. The molecule has 2 atom stereocenters. The maximum Gasteiger partial charge on any atom is 0.273 e. The van der Waals surface area contributed by atoms with Gasteiger partial charge in [-0.05, 0) is 12.8 Å². The second-order valence-electron chi connectivity index (χ2n) is 5.04. The zero-order valence-corrected chi connectivity index (χ0v) is 11.8. The molecule has 0 radical (unpaired) electrons. The molecule has 0 bridgehead atoms. The summed E-state index contributed by atoms with van der Waals surface area (Å²) in [7, 11) is 0. The van der Waals surface area contributed by atoms with Gasteiger partial charge in [0.2, 0.25) is 0 Å². The Balaban J connectivity index is 1.90. The number of aromatic nitrogens is 2. The third kappa shape index (κ3) is 2.40. The zero-order chi connectivity index (χ0) is 13.5. The highest BCUT2D eigenvalue weighted by atomic mass is 35.5. The van der Waals surface area contributed by atoms with E-state index in [2.05, 4.69) is 4.98 Å². The Morgan fingerprint density at radius 1 is 1.42 bits per heavy atom. The van der Waals surface area contributed by atoms with Crippen LogP contribution in [0.1, 0.15) is 25.3 Å². The summed E-state index contributed by atoms with van der Waals surface area (Å²) >= 11 is 11.6. The summed E-state index contributed by atoms with van der Waals surface area (Å²) in [5, 5.41) is 0.0290. The van der Waals surface area contributed by atoms with Gasteiger partial charge in [-0.25, -0.2) is 4.98 Å². The molecule has 0 aromatic carbocycles. The summed E-state index contributed by atoms with van der Waals surface area (Å²) in [4.78, 5) is 16.1. The van der Waals surface area contributed by atoms with Gasteiger partial charge >= 0.3 is 0 Å². The Kier molecular flexibility index (Phi) is 3.55. The van der Waals surface area contributed by atoms with Crippen LogP contribution in [0.3, 0.4) is 0 Å². The third-order valence-electron chi connectivity index (χ3n) is 3.83. The minimum atomic E-state index is -0.289. The molecule has 0 amide bonds. The molecule has 5 nitrogen and oxygen atoms in total. The van der Waals surface area contributed by atoms with Crippen LogP contribution < -0.4 is 5.56 Å². The molecule has 7 heteroatoms. The lowest BCUT2D eigenvalue weighted by Gasteiger charge is -2.37. The Labute approximate surface area is 120 Å². The van der Waals surface area contributed by atoms with Gasteiger partial charge in [-0.1, -0.05) is 23.2 Å². The molecular formula is C12H14Cl2N2O3. The first-order valence-electron chi connectivity index (χ1n) is 6.25. The Bertz CT molecular complexity index is 540. The molecule has 19 heavy (non-hydrogen) atoms. The lowest BCUT2D eigenvalue weighted by molar-refractivity contribution is -0.0953. The average molecular weight is 305 g/mol. The van der Waals surface area contributed by atoms with Crippen LogP contribution in [0.4, 0.5) is 0 Å². The number of ether oxygens (including phenoxy) is 2. The highest BCUT2D eigenvalue weighted by Gasteiger charge is 2.41. The minimum absolute atomic E-state index is 0.0209. The fourth-order valence-corrected chi connectivity index (χ4v) is 3.06. The van der Waals surface area contributed by atoms with Gasteiger partial charge in [-0.2, -0.15) is 0 Å². The summed E-state index contributed by atoms with van der Waals surface area (Å²) in [5.74, 6) is 0. The van der Waals surface area contributed by atoms with Crippen LogP contribution >= 0.6 is 23.2 Å². The first kappa shape index (κ1) is 13.4. The van der Waals surface area contributed by atoms with Crippen LogP contribution in [0.15, 0.2) is 11.1 Å². The third-order valence-corrected chi connectivity index (χ3v) is 4.55. The molecule has 1 aromatic heterocycles. The van der Waals surface area contributed by atoms with Crippen LogP contribution in [-0.2, 0) is 9.47 Å². The zero-order valence-electron chi connectivity index (χ0n) is 10.3. The van der Waals surface area contributed by atoms with Crippen molar-refractivity contribution in [1.82, 2.24) is 9.55 Å². The van der Waals surface area contributed by atoms with E-state index in [1.807, 2.05) is 0 Å². The van der Waals surface area contributed by atoms with Crippen LogP contribution in [0.2, 0.25) is 10.2 Å². The molecule has 0 saturated carbocycles. The lowest BCUT2D eigenvalue weighted by Crippen LogP contribution is -2.43. The largest absolute Gasteiger partial charge is 0.378 e. The molecule has 3 rings (SSSR count). The van der Waals surface area contributed by atoms with Crippen LogP contribution in [0.25, 0.3) is 0 Å². The summed E-state index contributed by atoms with van der Waals surface area (Å²) in [6.07, 6.45) is 3.84. The van der Waals surface area contributed by atoms with Crippen molar-refractivity contribution in [2.75, 3.05) is 19.8 Å². The summed E-state index contributed by atoms with van der Waals surface area (Å²) < 4.78 is 12.8. The van der Waals surface area contributed by atoms with Gasteiger partial charge in [0.15, 0.2) is 5.15 Å². The van der Waals surface area contributed by atoms with Crippen LogP contribution in [0, 0.1) is 0 Å². The number of hydrogen-bond donors (Lipinski definition) is 0. The fourth-order valence-electron chi connectivity index (χ4n) is 2.79. The van der Waals surface area contributed by atoms with Crippen molar-refractivity contribution in [2.24, 2.45) is 0 Å². The van der Waals surface area contributed by atoms with Gasteiger partial charge in [0.25, 0.3) is 5.56 Å². The van der Waals surface area contributed by atoms with E-state index in [-0.39, 0.29) is 27.4 Å². The molecule has 0 N–H and O–H groups in total. The molecular weight excluding hydrogens is 291 g/mol. The lowest BCUT2D eigenvalue weighted by atomic mass is 9.89. The number of nitrogens with zero attached hydrogens (tertiary/aromatic N) is 2. The van der Waals surface area contributed by atoms with Crippen molar-refractivity contribution in [2.45, 2.75) is 30.9 Å². The second kappa shape index (κ2) is 5.05. The van der Waals surface area contributed by atoms with E-state index in [9.17, 15) is 4.79 Å². The first-order valence-corrected chi connectivity index (χ1v) is 7.01. The molecule has 2 fully saturated rings. The van der Waals surface area contributed by atoms with Crippen LogP contribution in [0.5, 0.6) is 0 Å². The van der Waals surface area contributed by atoms with E-state index in [0.29, 0.717) is 19.8 Å². The summed E-state index contributed by atoms with van der Waals surface area (Å²) in [6, 6.07) is 0.0326. The van der Waals surface area contributed by atoms with Gasteiger partial charge < -0.3 is 9.47 Å². The molecule has 2 aliphatic rings. The van der Waals surface area contributed by atoms with Gasteiger partial charge in [-0.15, -0.1) is 0 Å². The molecule has 2 saturated heterocycles. The predicted molar refractivity (Wildman–Crippen MR) is 70.9 cm³/mol. The first-order chi connectivity index (χ1) is 9.11. The Hall–Kier alpha value is -0.620. The van der Waals surface area contributed by atoms with Crippen molar-refractivity contribution in [1.29, 1.82) is 0 Å². The molecule has 2 aliphatic heterocycles. The smallest absolute Gasteiger partial charge is 0.273 e. The van der Waals surface area contributed by atoms with Gasteiger partial charge in [0.05, 0.1) is 18.5 Å². The number of hydrogen-bond acceptors (Lipinski definition) is 4. The van der Waals surface area contributed by atoms with Crippen LogP contribution in [-0.4, -0.2) is 35.0 Å². The Morgan fingerprint density at radius 3 is 3.00 bits per heavy atom. The highest BCUT2D eigenvalue weighted by Crippen LogP contribution is 2.37. The molecule has 3 heterocycles. The number of halogens is 2. The Morgan fingerprint density at radius 2 is 2.26 bits per heavy atom. The molecule has 1 spiro atoms. The molecule has 0 aliphatic carbocycles. The molecule has 1 aromatic rings. The second-order valence-corrected chi connectivity index (χ2v) is 5.78. The molecule has 104 valence electrons. The SMILES string of the molecule is O=c1c(Cl)c(Cl)ncn1C1CCOC2(CCOC2)C1. The van der Waals surface area contributed by atoms with E-state index in [4.69, 9.17) is 32.7 Å². The van der Waals surface area contributed by atoms with Crippen molar-refractivity contribution in [3.63, 3.8) is 0 Å². The van der Waals surface area contributed by atoms with Crippen molar-refractivity contribution < 1.29 is 9.47 Å². The maximum atomic E-state index is 12.1. The maximum absolute atomic E-state index is 12.1. The van der Waals surface area contributed by atoms with Gasteiger partial charge in [0, 0.05) is 25.7 Å². The fraction of sp³-hybridized carbons (Fsp3) is 0.667. The average Bonchev–Trinajstić information content (AvgIpc) is 2.84. The van der Waals surface area contributed by atoms with Crippen molar-refractivity contribution >= 4 is 23.2 Å². The topological polar surface area (TPSA) is 53.4 Å². The molecule has 2 unspecified atom stereocenters. The summed E-state index contributed by atoms with van der Waals surface area (Å²) in [5.41, 5.74) is -0.545. The minimum Gasteiger partial charge on any atom is -0.378 e. The van der Waals surface area contributed by atoms with Crippen molar-refractivity contribution in [3.05, 3.63) is 26.9 Å². The monoisotopic (exact) mass is 304 g/mol. The van der Waals surface area contributed by atoms with E-state index in [0.717, 1.165) is 19.3 Å². The predicted octanol–water partition coefficient (Wildman–Crippen LogP) is 2.06. The van der Waals surface area contributed by atoms with E-state index in [1.54, 1.807) is 4.57 Å². The number of rotatable bonds is 1. The van der Waals surface area contributed by atoms with E-state index < -0.39 is 0 Å². The van der Waals surface area contributed by atoms with Gasteiger partial charge in [-0.3, -0.25) is 9.36 Å². The quantitative estimate of drug-likeness (QED) is 0.745. The summed E-state index contributed by atoms with van der Waals surface area (Å²) in [6.45, 7) is 1.91.